The molecule has 1 aromatic carbocycles. The van der Waals surface area contributed by atoms with Crippen molar-refractivity contribution < 1.29 is 4.79 Å². The van der Waals surface area contributed by atoms with Gasteiger partial charge in [-0.05, 0) is 31.1 Å². The fourth-order valence-corrected chi connectivity index (χ4v) is 1.81. The topological polar surface area (TPSA) is 64.9 Å². The predicted molar refractivity (Wildman–Crippen MR) is 65.3 cm³/mol. The Morgan fingerprint density at radius 3 is 2.82 bits per heavy atom. The number of amides is 1. The van der Waals surface area contributed by atoms with E-state index in [2.05, 4.69) is 16.7 Å². The summed E-state index contributed by atoms with van der Waals surface area (Å²) < 4.78 is 0. The molecule has 1 fully saturated rings. The zero-order chi connectivity index (χ0) is 12.3. The first-order valence-corrected chi connectivity index (χ1v) is 5.73. The van der Waals surface area contributed by atoms with Crippen molar-refractivity contribution in [3.8, 4) is 6.07 Å². The zero-order valence-electron chi connectivity index (χ0n) is 9.73. The van der Waals surface area contributed by atoms with Gasteiger partial charge in [0.05, 0.1) is 11.3 Å². The minimum Gasteiger partial charge on any atom is -0.325 e. The molecule has 0 radical (unpaired) electrons. The second-order valence-corrected chi connectivity index (χ2v) is 4.35. The first-order valence-electron chi connectivity index (χ1n) is 5.73. The second kappa shape index (κ2) is 4.98. The van der Waals surface area contributed by atoms with E-state index in [1.807, 2.05) is 13.0 Å². The van der Waals surface area contributed by atoms with Gasteiger partial charge in [0.15, 0.2) is 0 Å². The third-order valence-corrected chi connectivity index (χ3v) is 3.24. The molecule has 88 valence electrons. The highest BCUT2D eigenvalue weighted by molar-refractivity contribution is 5.93. The molecule has 0 aromatic heterocycles. The summed E-state index contributed by atoms with van der Waals surface area (Å²) in [6.07, 6.45) is 0. The summed E-state index contributed by atoms with van der Waals surface area (Å²) in [4.78, 5) is 12.0. The summed E-state index contributed by atoms with van der Waals surface area (Å²) in [5.74, 6) is 0.367. The normalized spacial score (nSPS) is 16.7. The van der Waals surface area contributed by atoms with Gasteiger partial charge >= 0.3 is 0 Å². The molecule has 1 unspecified atom stereocenters. The Balaban J connectivity index is 2.05. The molecule has 2 N–H and O–H groups in total. The summed E-state index contributed by atoms with van der Waals surface area (Å²) in [5.41, 5.74) is 1.10. The van der Waals surface area contributed by atoms with E-state index in [1.54, 1.807) is 18.2 Å². The molecule has 17 heavy (non-hydrogen) atoms. The Bertz CT molecular complexity index is 460. The van der Waals surface area contributed by atoms with Gasteiger partial charge in [0, 0.05) is 5.92 Å². The average Bonchev–Trinajstić information content (AvgIpc) is 2.27. The molecule has 0 spiro atoms. The number of benzene rings is 1. The van der Waals surface area contributed by atoms with Crippen molar-refractivity contribution in [1.29, 1.82) is 5.26 Å². The quantitative estimate of drug-likeness (QED) is 0.822. The van der Waals surface area contributed by atoms with Gasteiger partial charge in [-0.15, -0.1) is 0 Å². The van der Waals surface area contributed by atoms with Crippen LogP contribution in [-0.2, 0) is 4.79 Å². The highest BCUT2D eigenvalue weighted by Gasteiger charge is 2.28. The smallest absolute Gasteiger partial charge is 0.227 e. The molecule has 1 atom stereocenters. The van der Waals surface area contributed by atoms with E-state index in [0.29, 0.717) is 17.2 Å². The van der Waals surface area contributed by atoms with Gasteiger partial charge in [0.2, 0.25) is 5.91 Å². The van der Waals surface area contributed by atoms with Gasteiger partial charge in [0.25, 0.3) is 0 Å². The number of carbonyl (C=O) groups excluding carboxylic acids is 1. The number of carbonyl (C=O) groups is 1. The SMILES string of the molecule is CC(C(=O)Nc1ccccc1C#N)C1CNC1. The number of nitrogens with one attached hydrogen (secondary N) is 2. The lowest BCUT2D eigenvalue weighted by molar-refractivity contribution is -0.121. The average molecular weight is 229 g/mol. The number of anilines is 1. The molecule has 1 amide bonds. The molecule has 1 saturated heterocycles. The second-order valence-electron chi connectivity index (χ2n) is 4.35. The van der Waals surface area contributed by atoms with Gasteiger partial charge in [0.1, 0.15) is 6.07 Å². The van der Waals surface area contributed by atoms with Gasteiger partial charge < -0.3 is 10.6 Å². The molecule has 0 bridgehead atoms. The molecule has 2 rings (SSSR count). The largest absolute Gasteiger partial charge is 0.325 e. The summed E-state index contributed by atoms with van der Waals surface area (Å²) in [6.45, 7) is 3.72. The molecule has 1 heterocycles. The molecule has 1 aromatic rings. The van der Waals surface area contributed by atoms with E-state index in [4.69, 9.17) is 5.26 Å². The van der Waals surface area contributed by atoms with Crippen LogP contribution in [0.15, 0.2) is 24.3 Å². The van der Waals surface area contributed by atoms with E-state index >= 15 is 0 Å². The van der Waals surface area contributed by atoms with Crippen LogP contribution in [0.2, 0.25) is 0 Å². The third-order valence-electron chi connectivity index (χ3n) is 3.24. The third kappa shape index (κ3) is 2.45. The van der Waals surface area contributed by atoms with Crippen molar-refractivity contribution in [2.45, 2.75) is 6.92 Å². The lowest BCUT2D eigenvalue weighted by atomic mass is 9.88. The van der Waals surface area contributed by atoms with Crippen molar-refractivity contribution in [2.24, 2.45) is 11.8 Å². The summed E-state index contributed by atoms with van der Waals surface area (Å²) in [6, 6.07) is 9.12. The highest BCUT2D eigenvalue weighted by atomic mass is 16.1. The summed E-state index contributed by atoms with van der Waals surface area (Å²) in [5, 5.41) is 14.9. The Morgan fingerprint density at radius 2 is 2.24 bits per heavy atom. The minimum absolute atomic E-state index is 0.0146. The van der Waals surface area contributed by atoms with E-state index in [0.717, 1.165) is 13.1 Å². The van der Waals surface area contributed by atoms with Crippen molar-refractivity contribution in [3.63, 3.8) is 0 Å². The number of para-hydroxylation sites is 1. The maximum Gasteiger partial charge on any atom is 0.227 e. The van der Waals surface area contributed by atoms with Crippen LogP contribution < -0.4 is 10.6 Å². The van der Waals surface area contributed by atoms with Gasteiger partial charge in [-0.2, -0.15) is 5.26 Å². The standard InChI is InChI=1S/C13H15N3O/c1-9(11-7-15-8-11)13(17)16-12-5-3-2-4-10(12)6-14/h2-5,9,11,15H,7-8H2,1H3,(H,16,17). The van der Waals surface area contributed by atoms with Gasteiger partial charge in [-0.25, -0.2) is 0 Å². The highest BCUT2D eigenvalue weighted by Crippen LogP contribution is 2.20. The zero-order valence-corrected chi connectivity index (χ0v) is 9.73. The number of hydrogen-bond acceptors (Lipinski definition) is 3. The van der Waals surface area contributed by atoms with Crippen molar-refractivity contribution in [1.82, 2.24) is 5.32 Å². The van der Waals surface area contributed by atoms with Crippen LogP contribution >= 0.6 is 0 Å². The number of rotatable bonds is 3. The van der Waals surface area contributed by atoms with Gasteiger partial charge in [-0.3, -0.25) is 4.79 Å². The predicted octanol–water partition coefficient (Wildman–Crippen LogP) is 1.35. The Kier molecular flexibility index (Phi) is 3.40. The monoisotopic (exact) mass is 229 g/mol. The Morgan fingerprint density at radius 1 is 1.53 bits per heavy atom. The lowest BCUT2D eigenvalue weighted by Gasteiger charge is -2.31. The van der Waals surface area contributed by atoms with Crippen LogP contribution in [0.3, 0.4) is 0 Å². The van der Waals surface area contributed by atoms with Gasteiger partial charge in [-0.1, -0.05) is 19.1 Å². The maximum absolute atomic E-state index is 12.0. The number of nitrogens with zero attached hydrogens (tertiary/aromatic N) is 1. The molecule has 1 aliphatic heterocycles. The van der Waals surface area contributed by atoms with Crippen LogP contribution in [0.5, 0.6) is 0 Å². The molecule has 4 heteroatoms. The molecule has 0 saturated carbocycles. The fraction of sp³-hybridized carbons (Fsp3) is 0.385. The van der Waals surface area contributed by atoms with Crippen LogP contribution in [0.25, 0.3) is 0 Å². The van der Waals surface area contributed by atoms with Crippen LogP contribution in [0.1, 0.15) is 12.5 Å². The van der Waals surface area contributed by atoms with Crippen molar-refractivity contribution >= 4 is 11.6 Å². The van der Waals surface area contributed by atoms with E-state index in [9.17, 15) is 4.79 Å². The van der Waals surface area contributed by atoms with Crippen LogP contribution in [0.4, 0.5) is 5.69 Å². The summed E-state index contributed by atoms with van der Waals surface area (Å²) in [7, 11) is 0. The fourth-order valence-electron chi connectivity index (χ4n) is 1.81. The molecular formula is C13H15N3O. The Labute approximate surface area is 101 Å². The van der Waals surface area contributed by atoms with Crippen molar-refractivity contribution in [2.75, 3.05) is 18.4 Å². The first kappa shape index (κ1) is 11.6. The van der Waals surface area contributed by atoms with Crippen LogP contribution in [0, 0.1) is 23.2 Å². The number of nitriles is 1. The molecular weight excluding hydrogens is 214 g/mol. The van der Waals surface area contributed by atoms with E-state index in [1.165, 1.54) is 0 Å². The Hall–Kier alpha value is -1.86. The minimum atomic E-state index is -0.0250. The number of hydrogen-bond donors (Lipinski definition) is 2. The maximum atomic E-state index is 12.0. The summed E-state index contributed by atoms with van der Waals surface area (Å²) >= 11 is 0. The van der Waals surface area contributed by atoms with E-state index < -0.39 is 0 Å². The molecule has 4 nitrogen and oxygen atoms in total. The first-order chi connectivity index (χ1) is 8.22. The molecule has 0 aliphatic carbocycles. The molecule has 1 aliphatic rings. The van der Waals surface area contributed by atoms with Crippen molar-refractivity contribution in [3.05, 3.63) is 29.8 Å². The van der Waals surface area contributed by atoms with E-state index in [-0.39, 0.29) is 11.8 Å². The lowest BCUT2D eigenvalue weighted by Crippen LogP contribution is -2.48. The van der Waals surface area contributed by atoms with Crippen LogP contribution in [-0.4, -0.2) is 19.0 Å².